The number of aromatic nitrogens is 1. The number of hydrogen-bond donors (Lipinski definition) is 2. The van der Waals surface area contributed by atoms with E-state index in [1.165, 1.54) is 0 Å². The van der Waals surface area contributed by atoms with Gasteiger partial charge in [0.15, 0.2) is 0 Å². The molecule has 1 atom stereocenters. The van der Waals surface area contributed by atoms with Crippen molar-refractivity contribution >= 4 is 5.91 Å². The fraction of sp³-hybridized carbons (Fsp3) is 0.455. The molecule has 0 bridgehead atoms. The lowest BCUT2D eigenvalue weighted by Crippen LogP contribution is -2.39. The summed E-state index contributed by atoms with van der Waals surface area (Å²) in [5.41, 5.74) is 7.38. The van der Waals surface area contributed by atoms with Crippen molar-refractivity contribution in [2.24, 2.45) is 5.73 Å². The molecule has 1 rings (SSSR count). The number of nitrogens with two attached hydrogens (primary N) is 1. The fourth-order valence-corrected chi connectivity index (χ4v) is 1.19. The van der Waals surface area contributed by atoms with Crippen molar-refractivity contribution in [3.05, 3.63) is 29.6 Å². The molecule has 1 aromatic rings. The molecule has 1 heterocycles. The Morgan fingerprint density at radius 1 is 1.60 bits per heavy atom. The Bertz CT molecular complexity index is 338. The van der Waals surface area contributed by atoms with Gasteiger partial charge in [-0.1, -0.05) is 13.0 Å². The van der Waals surface area contributed by atoms with Crippen LogP contribution in [0.1, 0.15) is 24.7 Å². The molecule has 0 aliphatic heterocycles. The van der Waals surface area contributed by atoms with Crippen LogP contribution in [0.5, 0.6) is 0 Å². The van der Waals surface area contributed by atoms with Crippen molar-refractivity contribution in [3.63, 3.8) is 0 Å². The summed E-state index contributed by atoms with van der Waals surface area (Å²) < 4.78 is 0. The topological polar surface area (TPSA) is 68.0 Å². The van der Waals surface area contributed by atoms with Gasteiger partial charge >= 0.3 is 0 Å². The van der Waals surface area contributed by atoms with Crippen LogP contribution in [-0.2, 0) is 11.3 Å². The molecule has 0 spiro atoms. The van der Waals surface area contributed by atoms with Gasteiger partial charge in [-0.2, -0.15) is 0 Å². The third-order valence-electron chi connectivity index (χ3n) is 2.17. The predicted octanol–water partition coefficient (Wildman–Crippen LogP) is 0.744. The van der Waals surface area contributed by atoms with Gasteiger partial charge in [0, 0.05) is 5.69 Å². The summed E-state index contributed by atoms with van der Waals surface area (Å²) in [5, 5.41) is 2.75. The predicted molar refractivity (Wildman–Crippen MR) is 59.1 cm³/mol. The molecule has 4 heteroatoms. The Balaban J connectivity index is 2.47. The highest BCUT2D eigenvalue weighted by molar-refractivity contribution is 5.81. The maximum atomic E-state index is 11.4. The number of amides is 1. The monoisotopic (exact) mass is 207 g/mol. The van der Waals surface area contributed by atoms with E-state index in [0.29, 0.717) is 13.0 Å². The number of aryl methyl sites for hydroxylation is 1. The van der Waals surface area contributed by atoms with E-state index < -0.39 is 6.04 Å². The highest BCUT2D eigenvalue weighted by Gasteiger charge is 2.09. The average molecular weight is 207 g/mol. The number of nitrogens with zero attached hydrogens (tertiary/aromatic N) is 1. The lowest BCUT2D eigenvalue weighted by molar-refractivity contribution is -0.122. The molecule has 4 nitrogen and oxygen atoms in total. The van der Waals surface area contributed by atoms with Crippen LogP contribution in [0.25, 0.3) is 0 Å². The summed E-state index contributed by atoms with van der Waals surface area (Å²) in [5.74, 6) is -0.124. The smallest absolute Gasteiger partial charge is 0.237 e. The highest BCUT2D eigenvalue weighted by atomic mass is 16.2. The molecule has 0 unspecified atom stereocenters. The van der Waals surface area contributed by atoms with Crippen LogP contribution in [-0.4, -0.2) is 16.9 Å². The van der Waals surface area contributed by atoms with Crippen LogP contribution in [0.3, 0.4) is 0 Å². The molecule has 0 aliphatic carbocycles. The van der Waals surface area contributed by atoms with Crippen molar-refractivity contribution in [3.8, 4) is 0 Å². The van der Waals surface area contributed by atoms with Crippen LogP contribution in [0.4, 0.5) is 0 Å². The lowest BCUT2D eigenvalue weighted by atomic mass is 10.2. The second-order valence-corrected chi connectivity index (χ2v) is 3.50. The van der Waals surface area contributed by atoms with Crippen molar-refractivity contribution in [2.45, 2.75) is 32.9 Å². The molecule has 15 heavy (non-hydrogen) atoms. The van der Waals surface area contributed by atoms with Crippen LogP contribution >= 0.6 is 0 Å². The third kappa shape index (κ3) is 3.67. The molecule has 0 aliphatic rings. The highest BCUT2D eigenvalue weighted by Crippen LogP contribution is 1.97. The summed E-state index contributed by atoms with van der Waals surface area (Å²) in [6.45, 7) is 4.24. The minimum atomic E-state index is -0.421. The summed E-state index contributed by atoms with van der Waals surface area (Å²) in [6, 6.07) is 5.30. The van der Waals surface area contributed by atoms with E-state index >= 15 is 0 Å². The van der Waals surface area contributed by atoms with Gasteiger partial charge in [-0.25, -0.2) is 0 Å². The van der Waals surface area contributed by atoms with Gasteiger partial charge in [0.1, 0.15) is 0 Å². The van der Waals surface area contributed by atoms with E-state index in [1.54, 1.807) is 0 Å². The Kier molecular flexibility index (Phi) is 4.24. The second-order valence-electron chi connectivity index (χ2n) is 3.50. The number of hydrogen-bond acceptors (Lipinski definition) is 3. The van der Waals surface area contributed by atoms with Crippen molar-refractivity contribution in [2.75, 3.05) is 0 Å². The second kappa shape index (κ2) is 5.46. The summed E-state index contributed by atoms with van der Waals surface area (Å²) >= 11 is 0. The Hall–Kier alpha value is -1.42. The van der Waals surface area contributed by atoms with Gasteiger partial charge in [-0.3, -0.25) is 9.78 Å². The first kappa shape index (κ1) is 11.7. The van der Waals surface area contributed by atoms with Crippen LogP contribution in [0.15, 0.2) is 18.2 Å². The molecular weight excluding hydrogens is 190 g/mol. The number of nitrogens with one attached hydrogen (secondary N) is 1. The van der Waals surface area contributed by atoms with E-state index in [2.05, 4.69) is 10.3 Å². The van der Waals surface area contributed by atoms with E-state index in [9.17, 15) is 4.79 Å². The van der Waals surface area contributed by atoms with Gasteiger partial charge in [0.25, 0.3) is 0 Å². The largest absolute Gasteiger partial charge is 0.349 e. The van der Waals surface area contributed by atoms with Gasteiger partial charge in [-0.05, 0) is 25.5 Å². The van der Waals surface area contributed by atoms with Crippen LogP contribution in [0.2, 0.25) is 0 Å². The van der Waals surface area contributed by atoms with Gasteiger partial charge in [0.2, 0.25) is 5.91 Å². The summed E-state index contributed by atoms with van der Waals surface area (Å²) in [4.78, 5) is 15.6. The number of rotatable bonds is 4. The maximum absolute atomic E-state index is 11.4. The average Bonchev–Trinajstić information content (AvgIpc) is 2.25. The first-order valence-electron chi connectivity index (χ1n) is 5.09. The molecule has 1 amide bonds. The Labute approximate surface area is 89.9 Å². The van der Waals surface area contributed by atoms with E-state index in [-0.39, 0.29) is 5.91 Å². The Morgan fingerprint density at radius 2 is 2.33 bits per heavy atom. The standard InChI is InChI=1S/C11H17N3O/c1-3-10(12)11(15)13-7-9-6-4-5-8(2)14-9/h4-6,10H,3,7,12H2,1-2H3,(H,13,15)/t10-/m0/s1. The number of carbonyl (C=O) groups is 1. The number of pyridine rings is 1. The van der Waals surface area contributed by atoms with Crippen LogP contribution < -0.4 is 11.1 Å². The minimum absolute atomic E-state index is 0.124. The Morgan fingerprint density at radius 3 is 2.93 bits per heavy atom. The molecule has 82 valence electrons. The van der Waals surface area contributed by atoms with Gasteiger partial charge in [-0.15, -0.1) is 0 Å². The molecule has 3 N–H and O–H groups in total. The molecule has 0 saturated carbocycles. The van der Waals surface area contributed by atoms with E-state index in [0.717, 1.165) is 11.4 Å². The SMILES string of the molecule is CC[C@H](N)C(=O)NCc1cccc(C)n1. The molecule has 0 fully saturated rings. The molecular formula is C11H17N3O. The summed E-state index contributed by atoms with van der Waals surface area (Å²) in [7, 11) is 0. The van der Waals surface area contributed by atoms with Crippen molar-refractivity contribution in [1.29, 1.82) is 0 Å². The molecule has 1 aromatic heterocycles. The quantitative estimate of drug-likeness (QED) is 0.765. The zero-order chi connectivity index (χ0) is 11.3. The fourth-order valence-electron chi connectivity index (χ4n) is 1.19. The van der Waals surface area contributed by atoms with Gasteiger partial charge < -0.3 is 11.1 Å². The zero-order valence-corrected chi connectivity index (χ0v) is 9.16. The maximum Gasteiger partial charge on any atom is 0.237 e. The number of carbonyl (C=O) groups excluding carboxylic acids is 1. The van der Waals surface area contributed by atoms with Gasteiger partial charge in [0.05, 0.1) is 18.3 Å². The minimum Gasteiger partial charge on any atom is -0.349 e. The third-order valence-corrected chi connectivity index (χ3v) is 2.17. The normalized spacial score (nSPS) is 12.2. The first-order valence-corrected chi connectivity index (χ1v) is 5.09. The first-order chi connectivity index (χ1) is 7.13. The van der Waals surface area contributed by atoms with E-state index in [4.69, 9.17) is 5.73 Å². The molecule has 0 radical (unpaired) electrons. The lowest BCUT2D eigenvalue weighted by Gasteiger charge is -2.09. The van der Waals surface area contributed by atoms with E-state index in [1.807, 2.05) is 32.0 Å². The zero-order valence-electron chi connectivity index (χ0n) is 9.16. The molecule has 0 aromatic carbocycles. The summed E-state index contributed by atoms with van der Waals surface area (Å²) in [6.07, 6.45) is 0.646. The van der Waals surface area contributed by atoms with Crippen molar-refractivity contribution < 1.29 is 4.79 Å². The molecule has 0 saturated heterocycles. The van der Waals surface area contributed by atoms with Crippen molar-refractivity contribution in [1.82, 2.24) is 10.3 Å². The van der Waals surface area contributed by atoms with Crippen LogP contribution in [0, 0.1) is 6.92 Å².